The van der Waals surface area contributed by atoms with E-state index in [9.17, 15) is 18.0 Å². The molecule has 20 heavy (non-hydrogen) atoms. The zero-order chi connectivity index (χ0) is 15.2. The number of halogens is 3. The molecule has 0 aliphatic rings. The number of hydrogen-bond donors (Lipinski definition) is 3. The fourth-order valence-electron chi connectivity index (χ4n) is 1.27. The van der Waals surface area contributed by atoms with E-state index >= 15 is 0 Å². The first-order valence-corrected chi connectivity index (χ1v) is 5.69. The molecule has 0 unspecified atom stereocenters. The minimum atomic E-state index is -4.62. The second-order valence-electron chi connectivity index (χ2n) is 3.59. The molecule has 10 heteroatoms. The molecule has 0 amide bonds. The normalized spacial score (nSPS) is 11.1. The number of esters is 1. The maximum Gasteiger partial charge on any atom is 0.433 e. The SMILES string of the molecule is CCOC(=O)CCNc1cc(C(F)(F)F)nc(NN)n1. The monoisotopic (exact) mass is 293 g/mol. The molecule has 1 aromatic rings. The third-order valence-electron chi connectivity index (χ3n) is 2.09. The summed E-state index contributed by atoms with van der Waals surface area (Å²) in [6.07, 6.45) is -4.61. The van der Waals surface area contributed by atoms with Gasteiger partial charge in [0.1, 0.15) is 5.82 Å². The highest BCUT2D eigenvalue weighted by atomic mass is 19.4. The number of aromatic nitrogens is 2. The Morgan fingerprint density at radius 3 is 2.70 bits per heavy atom. The molecule has 0 fully saturated rings. The lowest BCUT2D eigenvalue weighted by Crippen LogP contribution is -2.18. The largest absolute Gasteiger partial charge is 0.466 e. The van der Waals surface area contributed by atoms with Crippen LogP contribution in [-0.2, 0) is 15.7 Å². The first-order chi connectivity index (χ1) is 9.36. The van der Waals surface area contributed by atoms with E-state index in [-0.39, 0.29) is 31.3 Å². The van der Waals surface area contributed by atoms with Crippen LogP contribution in [0.5, 0.6) is 0 Å². The molecule has 1 heterocycles. The molecule has 0 aliphatic carbocycles. The van der Waals surface area contributed by atoms with Crippen molar-refractivity contribution in [3.05, 3.63) is 11.8 Å². The summed E-state index contributed by atoms with van der Waals surface area (Å²) in [5, 5.41) is 2.57. The van der Waals surface area contributed by atoms with E-state index in [0.29, 0.717) is 0 Å². The summed E-state index contributed by atoms with van der Waals surface area (Å²) >= 11 is 0. The number of ether oxygens (including phenoxy) is 1. The molecule has 0 atom stereocenters. The van der Waals surface area contributed by atoms with Crippen LogP contribution in [0, 0.1) is 0 Å². The third-order valence-corrected chi connectivity index (χ3v) is 2.09. The second-order valence-corrected chi connectivity index (χ2v) is 3.59. The summed E-state index contributed by atoms with van der Waals surface area (Å²) in [5.74, 6) is 4.08. The van der Waals surface area contributed by atoms with E-state index in [1.165, 1.54) is 0 Å². The van der Waals surface area contributed by atoms with Gasteiger partial charge in [-0.2, -0.15) is 18.2 Å². The topological polar surface area (TPSA) is 102 Å². The average molecular weight is 293 g/mol. The number of nitrogen functional groups attached to an aromatic ring is 1. The van der Waals surface area contributed by atoms with Crippen molar-refractivity contribution in [3.8, 4) is 0 Å². The number of carbonyl (C=O) groups is 1. The van der Waals surface area contributed by atoms with Gasteiger partial charge in [-0.05, 0) is 6.92 Å². The van der Waals surface area contributed by atoms with Crippen LogP contribution in [-0.4, -0.2) is 29.1 Å². The summed E-state index contributed by atoms with van der Waals surface area (Å²) in [5.41, 5.74) is 0.806. The van der Waals surface area contributed by atoms with Gasteiger partial charge in [0.15, 0.2) is 5.69 Å². The lowest BCUT2D eigenvalue weighted by molar-refractivity contribution is -0.143. The Hall–Kier alpha value is -2.10. The van der Waals surface area contributed by atoms with Gasteiger partial charge in [-0.3, -0.25) is 10.2 Å². The molecular weight excluding hydrogens is 279 g/mol. The minimum absolute atomic E-state index is 0.00454. The first kappa shape index (κ1) is 16.0. The van der Waals surface area contributed by atoms with Crippen molar-refractivity contribution in [2.45, 2.75) is 19.5 Å². The van der Waals surface area contributed by atoms with E-state index in [1.807, 2.05) is 5.43 Å². The van der Waals surface area contributed by atoms with E-state index in [2.05, 4.69) is 20.0 Å². The molecule has 0 aromatic carbocycles. The average Bonchev–Trinajstić information content (AvgIpc) is 2.37. The fourth-order valence-corrected chi connectivity index (χ4v) is 1.27. The molecule has 4 N–H and O–H groups in total. The summed E-state index contributed by atoms with van der Waals surface area (Å²) < 4.78 is 42.4. The predicted molar refractivity (Wildman–Crippen MR) is 64.6 cm³/mol. The molecule has 0 bridgehead atoms. The number of hydrogen-bond acceptors (Lipinski definition) is 7. The zero-order valence-corrected chi connectivity index (χ0v) is 10.6. The van der Waals surface area contributed by atoms with Gasteiger partial charge in [0.05, 0.1) is 13.0 Å². The summed E-state index contributed by atoms with van der Waals surface area (Å²) in [6.45, 7) is 1.98. The van der Waals surface area contributed by atoms with Gasteiger partial charge >= 0.3 is 12.1 Å². The maximum absolute atomic E-state index is 12.6. The van der Waals surface area contributed by atoms with E-state index in [4.69, 9.17) is 5.84 Å². The number of anilines is 2. The second kappa shape index (κ2) is 6.89. The van der Waals surface area contributed by atoms with Crippen LogP contribution < -0.4 is 16.6 Å². The molecule has 0 radical (unpaired) electrons. The van der Waals surface area contributed by atoms with Crippen molar-refractivity contribution in [3.63, 3.8) is 0 Å². The third kappa shape index (κ3) is 4.88. The van der Waals surface area contributed by atoms with Crippen LogP contribution in [0.1, 0.15) is 19.0 Å². The Bertz CT molecular complexity index is 467. The highest BCUT2D eigenvalue weighted by Crippen LogP contribution is 2.29. The number of nitrogens with two attached hydrogens (primary N) is 1. The van der Waals surface area contributed by atoms with Gasteiger partial charge in [-0.1, -0.05) is 0 Å². The van der Waals surface area contributed by atoms with E-state index in [0.717, 1.165) is 6.07 Å². The van der Waals surface area contributed by atoms with Crippen LogP contribution in [0.2, 0.25) is 0 Å². The first-order valence-electron chi connectivity index (χ1n) is 5.69. The smallest absolute Gasteiger partial charge is 0.433 e. The Balaban J connectivity index is 2.72. The number of hydrazine groups is 1. The summed E-state index contributed by atoms with van der Waals surface area (Å²) in [6, 6.07) is 0.728. The van der Waals surface area contributed by atoms with Crippen molar-refractivity contribution in [2.75, 3.05) is 23.9 Å². The van der Waals surface area contributed by atoms with E-state index < -0.39 is 17.8 Å². The predicted octanol–water partition coefficient (Wildman–Crippen LogP) is 1.15. The van der Waals surface area contributed by atoms with Crippen LogP contribution >= 0.6 is 0 Å². The number of alkyl halides is 3. The molecule has 112 valence electrons. The van der Waals surface area contributed by atoms with Crippen LogP contribution in [0.15, 0.2) is 6.07 Å². The highest BCUT2D eigenvalue weighted by molar-refractivity contribution is 5.70. The number of nitrogens with one attached hydrogen (secondary N) is 2. The Kier molecular flexibility index (Phi) is 5.50. The van der Waals surface area contributed by atoms with Gasteiger partial charge < -0.3 is 10.1 Å². The number of carbonyl (C=O) groups excluding carboxylic acids is 1. The van der Waals surface area contributed by atoms with Crippen LogP contribution in [0.4, 0.5) is 24.9 Å². The standard InChI is InChI=1S/C10H14F3N5O2/c1-2-20-8(19)3-4-15-7-5-6(10(11,12)13)16-9(17-7)18-14/h5H,2-4,14H2,1H3,(H2,15,16,17,18). The van der Waals surface area contributed by atoms with Gasteiger partial charge in [-0.15, -0.1) is 0 Å². The van der Waals surface area contributed by atoms with Crippen LogP contribution in [0.3, 0.4) is 0 Å². The molecule has 0 aliphatic heterocycles. The van der Waals surface area contributed by atoms with E-state index in [1.54, 1.807) is 6.92 Å². The minimum Gasteiger partial charge on any atom is -0.466 e. The van der Waals surface area contributed by atoms with Crippen molar-refractivity contribution in [1.82, 2.24) is 9.97 Å². The van der Waals surface area contributed by atoms with Crippen molar-refractivity contribution in [1.29, 1.82) is 0 Å². The maximum atomic E-state index is 12.6. The molecule has 0 saturated carbocycles. The number of rotatable bonds is 6. The van der Waals surface area contributed by atoms with Gasteiger partial charge in [0.2, 0.25) is 5.95 Å². The lowest BCUT2D eigenvalue weighted by Gasteiger charge is -2.11. The van der Waals surface area contributed by atoms with Crippen molar-refractivity contribution in [2.24, 2.45) is 5.84 Å². The molecule has 0 saturated heterocycles. The van der Waals surface area contributed by atoms with Gasteiger partial charge in [0.25, 0.3) is 0 Å². The Morgan fingerprint density at radius 1 is 1.45 bits per heavy atom. The molecule has 1 rings (SSSR count). The molecule has 7 nitrogen and oxygen atoms in total. The van der Waals surface area contributed by atoms with Crippen LogP contribution in [0.25, 0.3) is 0 Å². The number of nitrogens with zero attached hydrogens (tertiary/aromatic N) is 2. The molecular formula is C10H14F3N5O2. The Morgan fingerprint density at radius 2 is 2.15 bits per heavy atom. The van der Waals surface area contributed by atoms with Crippen molar-refractivity contribution >= 4 is 17.7 Å². The Labute approximate surface area is 112 Å². The fraction of sp³-hybridized carbons (Fsp3) is 0.500. The van der Waals surface area contributed by atoms with Gasteiger partial charge in [0, 0.05) is 12.6 Å². The quantitative estimate of drug-likeness (QED) is 0.410. The highest BCUT2D eigenvalue weighted by Gasteiger charge is 2.33. The molecule has 0 spiro atoms. The molecule has 1 aromatic heterocycles. The summed E-state index contributed by atoms with van der Waals surface area (Å²) in [7, 11) is 0. The lowest BCUT2D eigenvalue weighted by atomic mass is 10.3. The van der Waals surface area contributed by atoms with Crippen molar-refractivity contribution < 1.29 is 22.7 Å². The zero-order valence-electron chi connectivity index (χ0n) is 10.6. The summed E-state index contributed by atoms with van der Waals surface area (Å²) in [4.78, 5) is 18.0. The van der Waals surface area contributed by atoms with Gasteiger partial charge in [-0.25, -0.2) is 10.8 Å².